The second-order valence-electron chi connectivity index (χ2n) is 3.17. The molecule has 0 aliphatic rings. The molecule has 0 bridgehead atoms. The first-order valence-corrected chi connectivity index (χ1v) is 5.43. The summed E-state index contributed by atoms with van der Waals surface area (Å²) in [5.41, 5.74) is 1.60. The van der Waals surface area contributed by atoms with Crippen molar-refractivity contribution in [3.8, 4) is 0 Å². The second kappa shape index (κ2) is 3.50. The van der Waals surface area contributed by atoms with E-state index in [1.165, 1.54) is 0 Å². The summed E-state index contributed by atoms with van der Waals surface area (Å²) in [7, 11) is 0. The zero-order valence-electron chi connectivity index (χ0n) is 8.20. The molecule has 1 aromatic carbocycles. The van der Waals surface area contributed by atoms with E-state index in [2.05, 4.69) is 11.9 Å². The minimum Gasteiger partial charge on any atom is -0.294 e. The Morgan fingerprint density at radius 3 is 2.93 bits per heavy atom. The number of rotatable bonds is 2. The number of carbonyl (C=O) groups excluding carboxylic acids is 1. The van der Waals surface area contributed by atoms with E-state index >= 15 is 0 Å². The molecule has 14 heavy (non-hydrogen) atoms. The fraction of sp³-hybridized carbons (Fsp3) is 0.273. The maximum atomic E-state index is 11.3. The molecule has 0 unspecified atom stereocenters. The monoisotopic (exact) mass is 205 g/mol. The van der Waals surface area contributed by atoms with Gasteiger partial charge in [0.2, 0.25) is 0 Å². The number of hydrogen-bond donors (Lipinski definition) is 0. The van der Waals surface area contributed by atoms with Crippen LogP contribution in [0.4, 0.5) is 0 Å². The SMILES string of the molecule is CCc1nc2c(C(C)=O)cccc2s1. The van der Waals surface area contributed by atoms with E-state index in [1.807, 2.05) is 18.2 Å². The highest BCUT2D eigenvalue weighted by molar-refractivity contribution is 7.18. The maximum Gasteiger partial charge on any atom is 0.162 e. The van der Waals surface area contributed by atoms with Crippen molar-refractivity contribution >= 4 is 27.3 Å². The number of carbonyl (C=O) groups is 1. The Morgan fingerprint density at radius 2 is 2.29 bits per heavy atom. The van der Waals surface area contributed by atoms with Gasteiger partial charge in [0.05, 0.1) is 15.2 Å². The number of benzene rings is 1. The predicted molar refractivity (Wildman–Crippen MR) is 59.0 cm³/mol. The first kappa shape index (κ1) is 9.34. The van der Waals surface area contributed by atoms with Crippen LogP contribution in [0.2, 0.25) is 0 Å². The van der Waals surface area contributed by atoms with Crippen molar-refractivity contribution in [1.29, 1.82) is 0 Å². The molecule has 1 aromatic heterocycles. The molecule has 3 heteroatoms. The standard InChI is InChI=1S/C11H11NOS/c1-3-10-12-11-8(7(2)13)5-4-6-9(11)14-10/h4-6H,3H2,1-2H3. The van der Waals surface area contributed by atoms with Crippen LogP contribution < -0.4 is 0 Å². The molecule has 0 aliphatic heterocycles. The van der Waals surface area contributed by atoms with Crippen LogP contribution in [-0.2, 0) is 6.42 Å². The van der Waals surface area contributed by atoms with Gasteiger partial charge in [0.1, 0.15) is 0 Å². The Kier molecular flexibility index (Phi) is 2.33. The molecule has 0 fully saturated rings. The minimum atomic E-state index is 0.0866. The molecule has 0 spiro atoms. The zero-order valence-corrected chi connectivity index (χ0v) is 9.02. The molecule has 0 N–H and O–H groups in total. The van der Waals surface area contributed by atoms with Gasteiger partial charge in [-0.05, 0) is 25.5 Å². The van der Waals surface area contributed by atoms with Crippen molar-refractivity contribution in [1.82, 2.24) is 4.98 Å². The lowest BCUT2D eigenvalue weighted by Gasteiger charge is -1.94. The van der Waals surface area contributed by atoms with E-state index in [9.17, 15) is 4.79 Å². The predicted octanol–water partition coefficient (Wildman–Crippen LogP) is 3.06. The van der Waals surface area contributed by atoms with Gasteiger partial charge < -0.3 is 0 Å². The van der Waals surface area contributed by atoms with Gasteiger partial charge in [-0.25, -0.2) is 4.98 Å². The first-order chi connectivity index (χ1) is 6.72. The molecule has 0 atom stereocenters. The van der Waals surface area contributed by atoms with Crippen molar-refractivity contribution in [2.45, 2.75) is 20.3 Å². The number of Topliss-reactive ketones (excluding diaryl/α,β-unsaturated/α-hetero) is 1. The number of nitrogens with zero attached hydrogens (tertiary/aromatic N) is 1. The lowest BCUT2D eigenvalue weighted by molar-refractivity contribution is 0.101. The number of para-hydroxylation sites is 1. The molecule has 2 nitrogen and oxygen atoms in total. The summed E-state index contributed by atoms with van der Waals surface area (Å²) < 4.78 is 1.11. The van der Waals surface area contributed by atoms with E-state index in [0.29, 0.717) is 0 Å². The third kappa shape index (κ3) is 1.44. The van der Waals surface area contributed by atoms with Crippen LogP contribution in [0.15, 0.2) is 18.2 Å². The Balaban J connectivity index is 2.73. The van der Waals surface area contributed by atoms with Crippen molar-refractivity contribution in [3.63, 3.8) is 0 Å². The largest absolute Gasteiger partial charge is 0.294 e. The molecule has 0 saturated heterocycles. The van der Waals surface area contributed by atoms with Gasteiger partial charge in [0.25, 0.3) is 0 Å². The van der Waals surface area contributed by atoms with Gasteiger partial charge in [-0.3, -0.25) is 4.79 Å². The summed E-state index contributed by atoms with van der Waals surface area (Å²) >= 11 is 1.67. The first-order valence-electron chi connectivity index (χ1n) is 4.61. The van der Waals surface area contributed by atoms with Crippen molar-refractivity contribution < 1.29 is 4.79 Å². The van der Waals surface area contributed by atoms with Gasteiger partial charge >= 0.3 is 0 Å². The number of thiazole rings is 1. The fourth-order valence-corrected chi connectivity index (χ4v) is 2.36. The summed E-state index contributed by atoms with van der Waals surface area (Å²) in [6.45, 7) is 3.66. The summed E-state index contributed by atoms with van der Waals surface area (Å²) in [6.07, 6.45) is 0.927. The van der Waals surface area contributed by atoms with Crippen molar-refractivity contribution in [2.75, 3.05) is 0 Å². The molecule has 0 radical (unpaired) electrons. The van der Waals surface area contributed by atoms with Crippen LogP contribution in [0.1, 0.15) is 29.2 Å². The van der Waals surface area contributed by atoms with Gasteiger partial charge in [-0.1, -0.05) is 13.0 Å². The van der Waals surface area contributed by atoms with Crippen LogP contribution in [0.3, 0.4) is 0 Å². The van der Waals surface area contributed by atoms with Gasteiger partial charge in [-0.2, -0.15) is 0 Å². The highest BCUT2D eigenvalue weighted by Gasteiger charge is 2.09. The molecule has 0 amide bonds. The van der Waals surface area contributed by atoms with Crippen LogP contribution in [0.5, 0.6) is 0 Å². The Labute approximate surface area is 86.6 Å². The highest BCUT2D eigenvalue weighted by atomic mass is 32.1. The average molecular weight is 205 g/mol. The second-order valence-corrected chi connectivity index (χ2v) is 4.28. The van der Waals surface area contributed by atoms with Crippen LogP contribution in [-0.4, -0.2) is 10.8 Å². The van der Waals surface area contributed by atoms with Crippen LogP contribution in [0, 0.1) is 0 Å². The summed E-state index contributed by atoms with van der Waals surface area (Å²) in [6, 6.07) is 5.76. The number of hydrogen-bond acceptors (Lipinski definition) is 3. The molecule has 1 heterocycles. The Bertz CT molecular complexity index is 487. The normalized spacial score (nSPS) is 10.7. The molecule has 2 rings (SSSR count). The quantitative estimate of drug-likeness (QED) is 0.705. The molecular weight excluding hydrogens is 194 g/mol. The minimum absolute atomic E-state index is 0.0866. The van der Waals surface area contributed by atoms with E-state index in [0.717, 1.165) is 27.2 Å². The van der Waals surface area contributed by atoms with Crippen molar-refractivity contribution in [3.05, 3.63) is 28.8 Å². The van der Waals surface area contributed by atoms with Crippen LogP contribution in [0.25, 0.3) is 10.2 Å². The topological polar surface area (TPSA) is 30.0 Å². The third-order valence-corrected chi connectivity index (χ3v) is 3.31. The summed E-state index contributed by atoms with van der Waals surface area (Å²) in [5.74, 6) is 0.0866. The van der Waals surface area contributed by atoms with E-state index < -0.39 is 0 Å². The molecule has 72 valence electrons. The lowest BCUT2D eigenvalue weighted by atomic mass is 10.1. The highest BCUT2D eigenvalue weighted by Crippen LogP contribution is 2.25. The van der Waals surface area contributed by atoms with Crippen molar-refractivity contribution in [2.24, 2.45) is 0 Å². The molecule has 2 aromatic rings. The number of aromatic nitrogens is 1. The zero-order chi connectivity index (χ0) is 10.1. The van der Waals surface area contributed by atoms with Gasteiger partial charge in [0.15, 0.2) is 5.78 Å². The molecule has 0 saturated carbocycles. The fourth-order valence-electron chi connectivity index (χ4n) is 1.43. The van der Waals surface area contributed by atoms with E-state index in [-0.39, 0.29) is 5.78 Å². The number of fused-ring (bicyclic) bond motifs is 1. The van der Waals surface area contributed by atoms with E-state index in [4.69, 9.17) is 0 Å². The Hall–Kier alpha value is -1.22. The smallest absolute Gasteiger partial charge is 0.162 e. The van der Waals surface area contributed by atoms with E-state index in [1.54, 1.807) is 18.3 Å². The lowest BCUT2D eigenvalue weighted by Crippen LogP contribution is -1.92. The summed E-state index contributed by atoms with van der Waals surface area (Å²) in [5, 5.41) is 1.09. The number of ketones is 1. The third-order valence-electron chi connectivity index (χ3n) is 2.15. The van der Waals surface area contributed by atoms with Gasteiger partial charge in [-0.15, -0.1) is 11.3 Å². The Morgan fingerprint density at radius 1 is 1.50 bits per heavy atom. The molecule has 0 aliphatic carbocycles. The maximum absolute atomic E-state index is 11.3. The number of aryl methyl sites for hydroxylation is 1. The van der Waals surface area contributed by atoms with Gasteiger partial charge in [0, 0.05) is 5.56 Å². The molecular formula is C11H11NOS. The van der Waals surface area contributed by atoms with Crippen LogP contribution >= 0.6 is 11.3 Å². The summed E-state index contributed by atoms with van der Waals surface area (Å²) in [4.78, 5) is 15.8. The average Bonchev–Trinajstić information content (AvgIpc) is 2.59.